The molecular weight excluding hydrogens is 590 g/mol. The highest BCUT2D eigenvalue weighted by molar-refractivity contribution is 9.10. The predicted molar refractivity (Wildman–Crippen MR) is 163 cm³/mol. The third-order valence-corrected chi connectivity index (χ3v) is 8.65. The van der Waals surface area contributed by atoms with Gasteiger partial charge in [-0.15, -0.1) is 11.8 Å². The third kappa shape index (κ3) is 8.93. The van der Waals surface area contributed by atoms with Gasteiger partial charge >= 0.3 is 0 Å². The molecule has 0 heterocycles. The van der Waals surface area contributed by atoms with Crippen molar-refractivity contribution >= 4 is 45.2 Å². The summed E-state index contributed by atoms with van der Waals surface area (Å²) < 4.78 is 0.948. The molecule has 1 atom stereocenters. The second-order valence-corrected chi connectivity index (χ2v) is 12.0. The Morgan fingerprint density at radius 1 is 0.925 bits per heavy atom. The van der Waals surface area contributed by atoms with Crippen molar-refractivity contribution in [2.24, 2.45) is 0 Å². The normalized spacial score (nSPS) is 14.3. The van der Waals surface area contributed by atoms with Gasteiger partial charge in [0.2, 0.25) is 11.8 Å². The minimum Gasteiger partial charge on any atom is -0.352 e. The highest BCUT2D eigenvalue weighted by Crippen LogP contribution is 2.22. The number of nitro benzene ring substituents is 1. The molecule has 3 aromatic rings. The fourth-order valence-corrected chi connectivity index (χ4v) is 6.07. The van der Waals surface area contributed by atoms with Crippen molar-refractivity contribution in [2.75, 3.05) is 5.75 Å². The smallest absolute Gasteiger partial charge is 0.269 e. The van der Waals surface area contributed by atoms with Crippen molar-refractivity contribution in [3.63, 3.8) is 0 Å². The molecule has 2 amide bonds. The number of thioether (sulfide) groups is 1. The van der Waals surface area contributed by atoms with E-state index in [1.807, 2.05) is 54.6 Å². The second-order valence-electron chi connectivity index (χ2n) is 10.1. The number of non-ortho nitro benzene ring substituents is 1. The molecule has 40 heavy (non-hydrogen) atoms. The monoisotopic (exact) mass is 623 g/mol. The average Bonchev–Trinajstić information content (AvgIpc) is 2.97. The molecule has 0 aromatic heterocycles. The van der Waals surface area contributed by atoms with Crippen LogP contribution in [0.5, 0.6) is 0 Å². The van der Waals surface area contributed by atoms with Crippen LogP contribution in [0.3, 0.4) is 0 Å². The quantitative estimate of drug-likeness (QED) is 0.179. The molecule has 1 aliphatic carbocycles. The van der Waals surface area contributed by atoms with Crippen LogP contribution >= 0.6 is 27.7 Å². The zero-order valence-corrected chi connectivity index (χ0v) is 24.7. The summed E-state index contributed by atoms with van der Waals surface area (Å²) in [5.74, 6) is 0.499. The lowest BCUT2D eigenvalue weighted by Gasteiger charge is -2.33. The number of nitrogens with zero attached hydrogens (tertiary/aromatic N) is 2. The van der Waals surface area contributed by atoms with Crippen LogP contribution in [0.4, 0.5) is 5.69 Å². The molecule has 0 radical (unpaired) electrons. The lowest BCUT2D eigenvalue weighted by atomic mass is 9.94. The molecule has 3 aromatic carbocycles. The molecule has 0 bridgehead atoms. The summed E-state index contributed by atoms with van der Waals surface area (Å²) in [6, 6.07) is 23.5. The maximum atomic E-state index is 13.8. The Hall–Kier alpha value is -3.17. The number of carbonyl (C=O) groups excluding carboxylic acids is 2. The van der Waals surface area contributed by atoms with Gasteiger partial charge in [0.15, 0.2) is 0 Å². The number of amides is 2. The van der Waals surface area contributed by atoms with E-state index in [-0.39, 0.29) is 29.3 Å². The van der Waals surface area contributed by atoms with E-state index in [0.717, 1.165) is 46.8 Å². The molecule has 9 heteroatoms. The Morgan fingerprint density at radius 2 is 1.57 bits per heavy atom. The van der Waals surface area contributed by atoms with E-state index in [1.165, 1.54) is 30.3 Å². The van der Waals surface area contributed by atoms with E-state index < -0.39 is 11.0 Å². The van der Waals surface area contributed by atoms with Crippen LogP contribution in [0.15, 0.2) is 83.3 Å². The standard InChI is InChI=1S/C31H34BrN3O4S/c32-26-15-11-24(12-16-26)20-34(30(36)22-40-21-25-13-17-28(18-14-25)35(38)39)29(19-23-7-3-1-4-8-23)31(37)33-27-9-5-2-6-10-27/h1,3-4,7-8,11-18,27,29H,2,5-6,9-10,19-22H2,(H,33,37). The molecule has 0 spiro atoms. The lowest BCUT2D eigenvalue weighted by molar-refractivity contribution is -0.384. The van der Waals surface area contributed by atoms with Crippen LogP contribution in [0, 0.1) is 10.1 Å². The van der Waals surface area contributed by atoms with Gasteiger partial charge in [-0.3, -0.25) is 19.7 Å². The molecular formula is C31H34BrN3O4S. The van der Waals surface area contributed by atoms with Gasteiger partial charge in [-0.05, 0) is 41.7 Å². The zero-order chi connectivity index (χ0) is 28.3. The Bertz CT molecular complexity index is 1270. The fraction of sp³-hybridized carbons (Fsp3) is 0.355. The first-order valence-electron chi connectivity index (χ1n) is 13.6. The van der Waals surface area contributed by atoms with Gasteiger partial charge < -0.3 is 10.2 Å². The Kier molecular flexibility index (Phi) is 11.2. The van der Waals surface area contributed by atoms with Crippen LogP contribution in [0.1, 0.15) is 48.8 Å². The first-order chi connectivity index (χ1) is 19.4. The molecule has 1 aliphatic rings. The fourth-order valence-electron chi connectivity index (χ4n) is 4.94. The van der Waals surface area contributed by atoms with Gasteiger partial charge in [-0.25, -0.2) is 0 Å². The number of nitro groups is 1. The first-order valence-corrected chi connectivity index (χ1v) is 15.5. The zero-order valence-electron chi connectivity index (χ0n) is 22.3. The number of nitrogens with one attached hydrogen (secondary N) is 1. The van der Waals surface area contributed by atoms with Crippen LogP contribution in [0.2, 0.25) is 0 Å². The SMILES string of the molecule is O=C(NC1CCCCC1)C(Cc1ccccc1)N(Cc1ccc(Br)cc1)C(=O)CSCc1ccc([N+](=O)[O-])cc1. The molecule has 1 fully saturated rings. The molecule has 4 rings (SSSR count). The van der Waals surface area contributed by atoms with Crippen molar-refractivity contribution < 1.29 is 14.5 Å². The minimum atomic E-state index is -0.652. The summed E-state index contributed by atoms with van der Waals surface area (Å²) in [7, 11) is 0. The van der Waals surface area contributed by atoms with Crippen molar-refractivity contribution in [1.29, 1.82) is 0 Å². The largest absolute Gasteiger partial charge is 0.352 e. The van der Waals surface area contributed by atoms with Gasteiger partial charge in [0, 0.05) is 41.4 Å². The number of halogens is 1. The van der Waals surface area contributed by atoms with Gasteiger partial charge in [0.25, 0.3) is 5.69 Å². The van der Waals surface area contributed by atoms with Gasteiger partial charge in [0.1, 0.15) is 6.04 Å². The van der Waals surface area contributed by atoms with Gasteiger partial charge in [0.05, 0.1) is 10.7 Å². The summed E-state index contributed by atoms with van der Waals surface area (Å²) >= 11 is 4.92. The van der Waals surface area contributed by atoms with Crippen LogP contribution in [-0.4, -0.2) is 39.5 Å². The summed E-state index contributed by atoms with van der Waals surface area (Å²) in [5, 5.41) is 14.2. The molecule has 7 nitrogen and oxygen atoms in total. The van der Waals surface area contributed by atoms with Crippen molar-refractivity contribution in [3.8, 4) is 0 Å². The number of rotatable bonds is 12. The van der Waals surface area contributed by atoms with Gasteiger partial charge in [-0.1, -0.05) is 89.8 Å². The van der Waals surface area contributed by atoms with Crippen molar-refractivity contribution in [2.45, 2.75) is 62.9 Å². The lowest BCUT2D eigenvalue weighted by Crippen LogP contribution is -2.53. The number of carbonyl (C=O) groups is 2. The first kappa shape index (κ1) is 29.8. The number of hydrogen-bond donors (Lipinski definition) is 1. The summed E-state index contributed by atoms with van der Waals surface area (Å²) in [6.45, 7) is 0.319. The van der Waals surface area contributed by atoms with E-state index in [2.05, 4.69) is 21.2 Å². The third-order valence-electron chi connectivity index (χ3n) is 7.13. The van der Waals surface area contributed by atoms with Crippen molar-refractivity contribution in [3.05, 3.63) is 110 Å². The molecule has 210 valence electrons. The number of hydrogen-bond acceptors (Lipinski definition) is 5. The average molecular weight is 625 g/mol. The molecule has 0 aliphatic heterocycles. The maximum absolute atomic E-state index is 13.8. The van der Waals surface area contributed by atoms with Crippen LogP contribution in [-0.2, 0) is 28.3 Å². The maximum Gasteiger partial charge on any atom is 0.269 e. The predicted octanol–water partition coefficient (Wildman–Crippen LogP) is 6.68. The Balaban J connectivity index is 1.54. The topological polar surface area (TPSA) is 92.6 Å². The highest BCUT2D eigenvalue weighted by atomic mass is 79.9. The van der Waals surface area contributed by atoms with E-state index in [1.54, 1.807) is 17.0 Å². The summed E-state index contributed by atoms with van der Waals surface area (Å²) in [5.41, 5.74) is 2.89. The van der Waals surface area contributed by atoms with E-state index in [0.29, 0.717) is 18.7 Å². The van der Waals surface area contributed by atoms with Crippen LogP contribution in [0.25, 0.3) is 0 Å². The second kappa shape index (κ2) is 15.0. The van der Waals surface area contributed by atoms with E-state index >= 15 is 0 Å². The minimum absolute atomic E-state index is 0.0400. The van der Waals surface area contributed by atoms with E-state index in [9.17, 15) is 19.7 Å². The van der Waals surface area contributed by atoms with Crippen LogP contribution < -0.4 is 5.32 Å². The Morgan fingerprint density at radius 3 is 2.23 bits per heavy atom. The molecule has 1 saturated carbocycles. The summed E-state index contributed by atoms with van der Waals surface area (Å²) in [4.78, 5) is 39.9. The molecule has 0 saturated heterocycles. The molecule has 1 N–H and O–H groups in total. The van der Waals surface area contributed by atoms with Gasteiger partial charge in [-0.2, -0.15) is 0 Å². The Labute approximate surface area is 248 Å². The van der Waals surface area contributed by atoms with E-state index in [4.69, 9.17) is 0 Å². The summed E-state index contributed by atoms with van der Waals surface area (Å²) in [6.07, 6.45) is 5.77. The number of benzene rings is 3. The van der Waals surface area contributed by atoms with Crippen molar-refractivity contribution in [1.82, 2.24) is 10.2 Å². The molecule has 1 unspecified atom stereocenters. The highest BCUT2D eigenvalue weighted by Gasteiger charge is 2.31.